The lowest BCUT2D eigenvalue weighted by Gasteiger charge is -2.10. The number of hydrogen-bond acceptors (Lipinski definition) is 5. The van der Waals surface area contributed by atoms with Crippen LogP contribution in [0.5, 0.6) is 0 Å². The molecule has 1 aliphatic rings. The molecule has 4 rings (SSSR count). The van der Waals surface area contributed by atoms with Gasteiger partial charge in [-0.05, 0) is 43.4 Å². The Morgan fingerprint density at radius 1 is 1.15 bits per heavy atom. The highest BCUT2D eigenvalue weighted by atomic mass is 35.5. The second kappa shape index (κ2) is 8.38. The molecular weight excluding hydrogens is 404 g/mol. The second-order valence-electron chi connectivity index (χ2n) is 6.29. The van der Waals surface area contributed by atoms with Crippen molar-refractivity contribution in [3.63, 3.8) is 0 Å². The van der Waals surface area contributed by atoms with E-state index in [0.29, 0.717) is 5.16 Å². The van der Waals surface area contributed by atoms with Crippen molar-refractivity contribution >= 4 is 56.7 Å². The van der Waals surface area contributed by atoms with Crippen LogP contribution in [0.25, 0.3) is 10.2 Å². The number of alkyl halides is 1. The molecule has 1 aliphatic carbocycles. The maximum Gasteiger partial charge on any atom is 0.260 e. The number of nitrogens with one attached hydrogen (secondary N) is 1. The van der Waals surface area contributed by atoms with Crippen LogP contribution in [0.2, 0.25) is 0 Å². The molecule has 2 heterocycles. The first kappa shape index (κ1) is 18.4. The fourth-order valence-corrected chi connectivity index (χ4v) is 6.60. The Bertz CT molecular complexity index is 955. The van der Waals surface area contributed by atoms with Gasteiger partial charge in [-0.1, -0.05) is 30.0 Å². The number of thioether (sulfide) groups is 2. The molecule has 0 saturated carbocycles. The van der Waals surface area contributed by atoms with E-state index in [1.54, 1.807) is 23.1 Å². The van der Waals surface area contributed by atoms with Crippen molar-refractivity contribution in [2.24, 2.45) is 0 Å². The van der Waals surface area contributed by atoms with Crippen LogP contribution in [0.15, 0.2) is 45.2 Å². The van der Waals surface area contributed by atoms with Crippen molar-refractivity contribution in [3.05, 3.63) is 51.1 Å². The summed E-state index contributed by atoms with van der Waals surface area (Å²) in [4.78, 5) is 23.6. The zero-order chi connectivity index (χ0) is 17.9. The van der Waals surface area contributed by atoms with Crippen LogP contribution >= 0.6 is 46.5 Å². The number of aromatic amines is 1. The Hall–Kier alpha value is -0.950. The summed E-state index contributed by atoms with van der Waals surface area (Å²) in [7, 11) is 0. The SMILES string of the molecule is O=c1[nH]c(SC[C@H](Cl)CSc2ccccc2)nc2sc3c(c12)CCCC3. The molecule has 0 spiro atoms. The lowest BCUT2D eigenvalue weighted by Crippen LogP contribution is -2.12. The summed E-state index contributed by atoms with van der Waals surface area (Å²) in [5.74, 6) is 1.55. The molecular formula is C19H19ClN2OS3. The summed E-state index contributed by atoms with van der Waals surface area (Å²) in [6, 6.07) is 10.3. The van der Waals surface area contributed by atoms with Crippen LogP contribution in [-0.2, 0) is 12.8 Å². The first-order valence-corrected chi connectivity index (χ1v) is 11.9. The number of nitrogens with zero attached hydrogens (tertiary/aromatic N) is 1. The number of H-pyrrole nitrogens is 1. The normalized spacial score (nSPS) is 15.1. The third kappa shape index (κ3) is 4.14. The molecule has 0 amide bonds. The second-order valence-corrected chi connectivity index (χ2v) is 10.1. The lowest BCUT2D eigenvalue weighted by molar-refractivity contribution is 0.700. The lowest BCUT2D eigenvalue weighted by atomic mass is 9.97. The number of aromatic nitrogens is 2. The molecule has 7 heteroatoms. The van der Waals surface area contributed by atoms with Crippen molar-refractivity contribution < 1.29 is 0 Å². The van der Waals surface area contributed by atoms with E-state index in [2.05, 4.69) is 17.1 Å². The molecule has 0 fully saturated rings. The molecule has 2 aromatic heterocycles. The molecule has 0 bridgehead atoms. The Morgan fingerprint density at radius 3 is 2.77 bits per heavy atom. The maximum atomic E-state index is 12.5. The average Bonchev–Trinajstić information content (AvgIpc) is 3.04. The Kier molecular flexibility index (Phi) is 5.93. The van der Waals surface area contributed by atoms with Gasteiger partial charge in [-0.15, -0.1) is 34.7 Å². The van der Waals surface area contributed by atoms with Crippen molar-refractivity contribution in [2.45, 2.75) is 41.1 Å². The van der Waals surface area contributed by atoms with Gasteiger partial charge in [0, 0.05) is 21.3 Å². The van der Waals surface area contributed by atoms with E-state index in [0.717, 1.165) is 34.6 Å². The smallest absolute Gasteiger partial charge is 0.260 e. The van der Waals surface area contributed by atoms with Crippen molar-refractivity contribution in [2.75, 3.05) is 11.5 Å². The molecule has 1 aromatic carbocycles. The molecule has 3 nitrogen and oxygen atoms in total. The highest BCUT2D eigenvalue weighted by Crippen LogP contribution is 2.34. The van der Waals surface area contributed by atoms with E-state index in [1.807, 2.05) is 18.2 Å². The quantitative estimate of drug-likeness (QED) is 0.330. The summed E-state index contributed by atoms with van der Waals surface area (Å²) < 4.78 is 0. The zero-order valence-electron chi connectivity index (χ0n) is 14.2. The van der Waals surface area contributed by atoms with Gasteiger partial charge in [0.25, 0.3) is 5.56 Å². The summed E-state index contributed by atoms with van der Waals surface area (Å²) in [5.41, 5.74) is 1.23. The van der Waals surface area contributed by atoms with Crippen molar-refractivity contribution in [3.8, 4) is 0 Å². The minimum absolute atomic E-state index is 0.00156. The third-order valence-electron chi connectivity index (χ3n) is 4.38. The molecule has 0 unspecified atom stereocenters. The number of hydrogen-bond donors (Lipinski definition) is 1. The van der Waals surface area contributed by atoms with Crippen LogP contribution < -0.4 is 5.56 Å². The molecule has 0 saturated heterocycles. The topological polar surface area (TPSA) is 45.8 Å². The van der Waals surface area contributed by atoms with Crippen LogP contribution in [0.1, 0.15) is 23.3 Å². The van der Waals surface area contributed by atoms with E-state index >= 15 is 0 Å². The molecule has 3 aromatic rings. The van der Waals surface area contributed by atoms with E-state index in [4.69, 9.17) is 16.6 Å². The first-order chi connectivity index (χ1) is 12.7. The maximum absolute atomic E-state index is 12.5. The van der Waals surface area contributed by atoms with Crippen LogP contribution in [0.3, 0.4) is 0 Å². The van der Waals surface area contributed by atoms with Crippen LogP contribution in [0, 0.1) is 0 Å². The molecule has 136 valence electrons. The van der Waals surface area contributed by atoms with Gasteiger partial charge in [-0.2, -0.15) is 0 Å². The zero-order valence-corrected chi connectivity index (χ0v) is 17.4. The van der Waals surface area contributed by atoms with Gasteiger partial charge in [0.2, 0.25) is 0 Å². The van der Waals surface area contributed by atoms with Gasteiger partial charge in [0.1, 0.15) is 4.83 Å². The molecule has 1 atom stereocenters. The monoisotopic (exact) mass is 422 g/mol. The number of benzene rings is 1. The predicted octanol–water partition coefficient (Wildman–Crippen LogP) is 5.36. The van der Waals surface area contributed by atoms with Crippen LogP contribution in [-0.4, -0.2) is 26.9 Å². The summed E-state index contributed by atoms with van der Waals surface area (Å²) in [6.45, 7) is 0. The Balaban J connectivity index is 1.42. The fourth-order valence-electron chi connectivity index (χ4n) is 3.13. The molecule has 1 N–H and O–H groups in total. The summed E-state index contributed by atoms with van der Waals surface area (Å²) in [6.07, 6.45) is 4.47. The highest BCUT2D eigenvalue weighted by Gasteiger charge is 2.20. The minimum Gasteiger partial charge on any atom is -0.301 e. The molecule has 26 heavy (non-hydrogen) atoms. The molecule has 0 aliphatic heterocycles. The Labute approximate surface area is 170 Å². The van der Waals surface area contributed by atoms with Gasteiger partial charge < -0.3 is 4.98 Å². The van der Waals surface area contributed by atoms with E-state index < -0.39 is 0 Å². The molecule has 0 radical (unpaired) electrons. The van der Waals surface area contributed by atoms with Gasteiger partial charge in [-0.25, -0.2) is 4.98 Å². The first-order valence-electron chi connectivity index (χ1n) is 8.70. The number of fused-ring (bicyclic) bond motifs is 3. The fraction of sp³-hybridized carbons (Fsp3) is 0.368. The number of halogens is 1. The summed E-state index contributed by atoms with van der Waals surface area (Å²) in [5, 5.41) is 1.51. The average molecular weight is 423 g/mol. The van der Waals surface area contributed by atoms with E-state index in [-0.39, 0.29) is 10.9 Å². The van der Waals surface area contributed by atoms with Gasteiger partial charge in [0.05, 0.1) is 10.8 Å². The van der Waals surface area contributed by atoms with E-state index in [1.165, 1.54) is 39.9 Å². The van der Waals surface area contributed by atoms with E-state index in [9.17, 15) is 4.79 Å². The van der Waals surface area contributed by atoms with Crippen molar-refractivity contribution in [1.29, 1.82) is 0 Å². The predicted molar refractivity (Wildman–Crippen MR) is 114 cm³/mol. The summed E-state index contributed by atoms with van der Waals surface area (Å²) >= 11 is 11.4. The largest absolute Gasteiger partial charge is 0.301 e. The van der Waals surface area contributed by atoms with Gasteiger partial charge >= 0.3 is 0 Å². The third-order valence-corrected chi connectivity index (χ3v) is 8.45. The standard InChI is InChI=1S/C19H19ClN2OS3/c20-12(10-24-13-6-2-1-3-7-13)11-25-19-21-17(23)16-14-8-4-5-9-15(14)26-18(16)22-19/h1-3,6-7,12H,4-5,8-11H2,(H,21,22,23)/t12-/m1/s1. The highest BCUT2D eigenvalue weighted by molar-refractivity contribution is 8.00. The number of rotatable bonds is 6. The number of aryl methyl sites for hydroxylation is 2. The minimum atomic E-state index is 0.00156. The number of thiophene rings is 1. The van der Waals surface area contributed by atoms with Gasteiger partial charge in [-0.3, -0.25) is 4.79 Å². The van der Waals surface area contributed by atoms with Gasteiger partial charge in [0.15, 0.2) is 5.16 Å². The van der Waals surface area contributed by atoms with Crippen molar-refractivity contribution in [1.82, 2.24) is 9.97 Å². The Morgan fingerprint density at radius 2 is 1.92 bits per heavy atom. The van der Waals surface area contributed by atoms with Crippen LogP contribution in [0.4, 0.5) is 0 Å².